The number of aryl methyl sites for hydroxylation is 2. The topological polar surface area (TPSA) is 113 Å². The van der Waals surface area contributed by atoms with Crippen molar-refractivity contribution < 1.29 is 9.59 Å². The zero-order valence-corrected chi connectivity index (χ0v) is 18.5. The number of nitrogens with one attached hydrogen (secondary N) is 2. The molecule has 1 aromatic carbocycles. The Bertz CT molecular complexity index is 1210. The minimum Gasteiger partial charge on any atom is -0.345 e. The molecule has 0 unspecified atom stereocenters. The Balaban J connectivity index is 1.95. The van der Waals surface area contributed by atoms with Crippen molar-refractivity contribution in [3.8, 4) is 5.95 Å². The van der Waals surface area contributed by atoms with Crippen molar-refractivity contribution in [1.29, 1.82) is 0 Å². The van der Waals surface area contributed by atoms with Gasteiger partial charge >= 0.3 is 0 Å². The van der Waals surface area contributed by atoms with Crippen molar-refractivity contribution in [2.75, 3.05) is 19.4 Å². The second-order valence-electron chi connectivity index (χ2n) is 7.51. The van der Waals surface area contributed by atoms with Crippen LogP contribution in [0.3, 0.4) is 0 Å². The lowest BCUT2D eigenvalue weighted by Crippen LogP contribution is -2.23. The van der Waals surface area contributed by atoms with Crippen LogP contribution < -0.4 is 10.9 Å². The quantitative estimate of drug-likeness (QED) is 0.656. The summed E-state index contributed by atoms with van der Waals surface area (Å²) in [6.07, 6.45) is 0.571. The van der Waals surface area contributed by atoms with Crippen LogP contribution in [0, 0.1) is 20.8 Å². The second-order valence-corrected chi connectivity index (χ2v) is 7.51. The minimum absolute atomic E-state index is 0.141. The Kier molecular flexibility index (Phi) is 6.05. The third kappa shape index (κ3) is 4.25. The molecular weight excluding hydrogens is 396 g/mol. The molecule has 9 nitrogen and oxygen atoms in total. The Morgan fingerprint density at radius 1 is 1.06 bits per heavy atom. The van der Waals surface area contributed by atoms with Crippen LogP contribution in [0.5, 0.6) is 0 Å². The van der Waals surface area contributed by atoms with E-state index in [4.69, 9.17) is 0 Å². The van der Waals surface area contributed by atoms with Gasteiger partial charge in [-0.2, -0.15) is 9.78 Å². The van der Waals surface area contributed by atoms with Crippen LogP contribution in [-0.2, 0) is 6.42 Å². The summed E-state index contributed by atoms with van der Waals surface area (Å²) < 4.78 is 1.43. The molecule has 0 aliphatic heterocycles. The molecule has 2 amide bonds. The molecular formula is C22H26N6O3. The first-order valence-electron chi connectivity index (χ1n) is 9.93. The average Bonchev–Trinajstić information content (AvgIpc) is 3.01. The summed E-state index contributed by atoms with van der Waals surface area (Å²) in [7, 11) is 3.34. The molecule has 0 radical (unpaired) electrons. The normalized spacial score (nSPS) is 10.8. The monoisotopic (exact) mass is 422 g/mol. The van der Waals surface area contributed by atoms with E-state index in [0.717, 1.165) is 5.56 Å². The second kappa shape index (κ2) is 8.55. The Morgan fingerprint density at radius 3 is 2.23 bits per heavy atom. The highest BCUT2D eigenvalue weighted by atomic mass is 16.2. The van der Waals surface area contributed by atoms with E-state index in [-0.39, 0.29) is 23.3 Å². The smallest absolute Gasteiger partial charge is 0.256 e. The van der Waals surface area contributed by atoms with Crippen LogP contribution in [0.25, 0.3) is 5.95 Å². The molecule has 0 fully saturated rings. The van der Waals surface area contributed by atoms with Crippen molar-refractivity contribution >= 4 is 17.6 Å². The number of carbonyl (C=O) groups excluding carboxylic acids is 2. The van der Waals surface area contributed by atoms with E-state index in [1.54, 1.807) is 45.3 Å². The van der Waals surface area contributed by atoms with E-state index >= 15 is 0 Å². The fraction of sp³-hybridized carbons (Fsp3) is 0.318. The first-order valence-corrected chi connectivity index (χ1v) is 9.93. The van der Waals surface area contributed by atoms with Gasteiger partial charge < -0.3 is 10.2 Å². The minimum atomic E-state index is -0.364. The summed E-state index contributed by atoms with van der Waals surface area (Å²) in [5, 5.41) is 7.30. The molecule has 3 aromatic rings. The molecule has 0 bridgehead atoms. The molecule has 2 heterocycles. The molecule has 162 valence electrons. The van der Waals surface area contributed by atoms with Gasteiger partial charge in [0.15, 0.2) is 0 Å². The van der Waals surface area contributed by atoms with Gasteiger partial charge in [0.25, 0.3) is 17.4 Å². The van der Waals surface area contributed by atoms with Gasteiger partial charge in [0, 0.05) is 42.0 Å². The third-order valence-corrected chi connectivity index (χ3v) is 5.16. The average molecular weight is 422 g/mol. The molecule has 2 N–H and O–H groups in total. The first-order chi connectivity index (χ1) is 14.6. The summed E-state index contributed by atoms with van der Waals surface area (Å²) in [6.45, 7) is 7.31. The summed E-state index contributed by atoms with van der Waals surface area (Å²) in [4.78, 5) is 46.0. The molecule has 0 spiro atoms. The fourth-order valence-corrected chi connectivity index (χ4v) is 3.22. The summed E-state index contributed by atoms with van der Waals surface area (Å²) >= 11 is 0. The lowest BCUT2D eigenvalue weighted by atomic mass is 10.1. The molecule has 0 aliphatic carbocycles. The molecule has 3 rings (SSSR count). The number of carbonyl (C=O) groups is 2. The highest BCUT2D eigenvalue weighted by Crippen LogP contribution is 2.22. The number of hydrogen-bond donors (Lipinski definition) is 2. The van der Waals surface area contributed by atoms with Crippen molar-refractivity contribution in [3.63, 3.8) is 0 Å². The van der Waals surface area contributed by atoms with Crippen molar-refractivity contribution in [2.45, 2.75) is 34.1 Å². The SMILES string of the molecule is CCc1c(C)nc(-n2nc(C)c(C)c2NC(=O)c2ccc(C(=O)N(C)C)cc2)[nH]c1=O. The Labute approximate surface area is 180 Å². The maximum Gasteiger partial charge on any atom is 0.256 e. The van der Waals surface area contributed by atoms with Crippen molar-refractivity contribution in [1.82, 2.24) is 24.6 Å². The van der Waals surface area contributed by atoms with E-state index < -0.39 is 0 Å². The van der Waals surface area contributed by atoms with Gasteiger partial charge in [-0.25, -0.2) is 4.98 Å². The van der Waals surface area contributed by atoms with Crippen molar-refractivity contribution in [3.05, 3.63) is 68.3 Å². The molecule has 31 heavy (non-hydrogen) atoms. The van der Waals surface area contributed by atoms with Crippen LogP contribution >= 0.6 is 0 Å². The molecule has 0 saturated heterocycles. The number of hydrogen-bond acceptors (Lipinski definition) is 5. The van der Waals surface area contributed by atoms with Gasteiger partial charge in [-0.15, -0.1) is 0 Å². The molecule has 9 heteroatoms. The molecule has 0 atom stereocenters. The largest absolute Gasteiger partial charge is 0.345 e. The lowest BCUT2D eigenvalue weighted by Gasteiger charge is -2.12. The lowest BCUT2D eigenvalue weighted by molar-refractivity contribution is 0.0827. The Morgan fingerprint density at radius 2 is 1.68 bits per heavy atom. The van der Waals surface area contributed by atoms with Crippen molar-refractivity contribution in [2.24, 2.45) is 0 Å². The van der Waals surface area contributed by atoms with Gasteiger partial charge in [0.1, 0.15) is 5.82 Å². The number of benzene rings is 1. The predicted molar refractivity (Wildman–Crippen MR) is 118 cm³/mol. The summed E-state index contributed by atoms with van der Waals surface area (Å²) in [6, 6.07) is 6.40. The summed E-state index contributed by atoms with van der Waals surface area (Å²) in [5.74, 6) is 0.149. The number of aromatic nitrogens is 4. The van der Waals surface area contributed by atoms with Crippen LogP contribution in [0.1, 0.15) is 50.2 Å². The van der Waals surface area contributed by atoms with Gasteiger partial charge in [-0.05, 0) is 51.5 Å². The summed E-state index contributed by atoms with van der Waals surface area (Å²) in [5.41, 5.74) is 3.34. The highest BCUT2D eigenvalue weighted by molar-refractivity contribution is 6.05. The van der Waals surface area contributed by atoms with Crippen LogP contribution in [0.2, 0.25) is 0 Å². The van der Waals surface area contributed by atoms with Gasteiger partial charge in [0.2, 0.25) is 5.95 Å². The standard InChI is InChI=1S/C22H26N6O3/c1-7-17-14(4)23-22(25-20(17)30)28-18(12(2)13(3)26-28)24-19(29)15-8-10-16(11-9-15)21(31)27(5)6/h8-11H,7H2,1-6H3,(H,24,29)(H,23,25,30). The van der Waals surface area contributed by atoms with Gasteiger partial charge in [-0.1, -0.05) is 6.92 Å². The van der Waals surface area contributed by atoms with Crippen LogP contribution in [0.15, 0.2) is 29.1 Å². The van der Waals surface area contributed by atoms with E-state index in [1.807, 2.05) is 20.8 Å². The Hall–Kier alpha value is -3.75. The number of anilines is 1. The van der Waals surface area contributed by atoms with E-state index in [9.17, 15) is 14.4 Å². The molecule has 0 aliphatic rings. The highest BCUT2D eigenvalue weighted by Gasteiger charge is 2.19. The van der Waals surface area contributed by atoms with Gasteiger partial charge in [-0.3, -0.25) is 19.4 Å². The molecule has 0 saturated carbocycles. The third-order valence-electron chi connectivity index (χ3n) is 5.16. The zero-order valence-electron chi connectivity index (χ0n) is 18.5. The maximum absolute atomic E-state index is 12.9. The van der Waals surface area contributed by atoms with Crippen LogP contribution in [-0.4, -0.2) is 50.6 Å². The predicted octanol–water partition coefficient (Wildman–Crippen LogP) is 2.40. The molecule has 2 aromatic heterocycles. The van der Waals surface area contributed by atoms with Crippen LogP contribution in [0.4, 0.5) is 5.82 Å². The van der Waals surface area contributed by atoms with E-state index in [2.05, 4.69) is 20.4 Å². The number of rotatable bonds is 5. The number of nitrogens with zero attached hydrogens (tertiary/aromatic N) is 4. The first kappa shape index (κ1) is 21.9. The fourth-order valence-electron chi connectivity index (χ4n) is 3.22. The maximum atomic E-state index is 12.9. The number of H-pyrrole nitrogens is 1. The van der Waals surface area contributed by atoms with Gasteiger partial charge in [0.05, 0.1) is 5.69 Å². The van der Waals surface area contributed by atoms with E-state index in [1.165, 1.54) is 9.58 Å². The van der Waals surface area contributed by atoms with E-state index in [0.29, 0.717) is 40.3 Å². The number of amides is 2. The zero-order chi connectivity index (χ0) is 22.9. The number of aromatic amines is 1.